The number of terminal acetylenes is 1. The Morgan fingerprint density at radius 1 is 0.934 bits per heavy atom. The third kappa shape index (κ3) is 20.9. The highest BCUT2D eigenvalue weighted by Crippen LogP contribution is 2.35. The highest BCUT2D eigenvalue weighted by Gasteiger charge is 2.39. The van der Waals surface area contributed by atoms with Gasteiger partial charge in [-0.3, -0.25) is 34.3 Å². The quantitative estimate of drug-likeness (QED) is 0.0292. The van der Waals surface area contributed by atoms with Crippen LogP contribution in [-0.4, -0.2) is 159 Å². The molecule has 1 saturated heterocycles. The number of rotatable bonds is 33. The summed E-state index contributed by atoms with van der Waals surface area (Å²) >= 11 is 1.31. The molecule has 1 fully saturated rings. The number of nitrogens with one attached hydrogen (secondary N) is 5. The van der Waals surface area contributed by atoms with Crippen LogP contribution in [0.25, 0.3) is 0 Å². The van der Waals surface area contributed by atoms with Crippen molar-refractivity contribution in [1.82, 2.24) is 41.6 Å². The second-order valence-corrected chi connectivity index (χ2v) is 20.8. The first kappa shape index (κ1) is 63.2. The van der Waals surface area contributed by atoms with Gasteiger partial charge in [0.15, 0.2) is 0 Å². The van der Waals surface area contributed by atoms with Crippen molar-refractivity contribution >= 4 is 47.0 Å². The third-order valence-corrected chi connectivity index (χ3v) is 14.6. The van der Waals surface area contributed by atoms with Gasteiger partial charge in [0, 0.05) is 56.4 Å². The number of hydrogen-bond donors (Lipinski definition) is 6. The number of phenols is 1. The van der Waals surface area contributed by atoms with E-state index in [9.17, 15) is 33.9 Å². The molecule has 2 heterocycles. The number of ether oxygens (including phenoxy) is 5. The highest BCUT2D eigenvalue weighted by molar-refractivity contribution is 7.09. The van der Waals surface area contributed by atoms with Crippen LogP contribution in [0.5, 0.6) is 5.75 Å². The lowest BCUT2D eigenvalue weighted by molar-refractivity contribution is -0.143. The molecule has 0 spiro atoms. The number of carbonyl (C=O) groups excluding carboxylic acids is 6. The predicted molar refractivity (Wildman–Crippen MR) is 289 cm³/mol. The molecular formula is C55H86N8O12S. The number of carbonyl (C=O) groups is 6. The number of likely N-dealkylation sites (N-methyl/N-ethyl adjacent to an activating group) is 1. The number of benzene rings is 1. The second-order valence-electron chi connectivity index (χ2n) is 19.9. The van der Waals surface area contributed by atoms with E-state index < -0.39 is 42.0 Å². The van der Waals surface area contributed by atoms with Gasteiger partial charge < -0.3 is 49.6 Å². The van der Waals surface area contributed by atoms with Crippen LogP contribution in [-0.2, 0) is 49.3 Å². The van der Waals surface area contributed by atoms with Gasteiger partial charge in [-0.1, -0.05) is 60.5 Å². The van der Waals surface area contributed by atoms with E-state index in [0.29, 0.717) is 95.2 Å². The van der Waals surface area contributed by atoms with E-state index in [-0.39, 0.29) is 79.3 Å². The fourth-order valence-electron chi connectivity index (χ4n) is 9.36. The van der Waals surface area contributed by atoms with Gasteiger partial charge in [0.05, 0.1) is 51.6 Å². The van der Waals surface area contributed by atoms with E-state index in [1.165, 1.54) is 23.5 Å². The summed E-state index contributed by atoms with van der Waals surface area (Å²) in [7, 11) is 1.97. The Labute approximate surface area is 454 Å². The molecule has 0 saturated carbocycles. The number of piperidine rings is 1. The largest absolute Gasteiger partial charge is 0.508 e. The van der Waals surface area contributed by atoms with Gasteiger partial charge in [0.25, 0.3) is 5.91 Å². The number of aromatic nitrogens is 1. The van der Waals surface area contributed by atoms with Crippen molar-refractivity contribution in [2.45, 2.75) is 155 Å². The van der Waals surface area contributed by atoms with Crippen molar-refractivity contribution in [2.24, 2.45) is 11.8 Å². The Hall–Kier alpha value is -5.37. The van der Waals surface area contributed by atoms with E-state index in [1.54, 1.807) is 11.4 Å². The van der Waals surface area contributed by atoms with Crippen LogP contribution in [0.2, 0.25) is 0 Å². The van der Waals surface area contributed by atoms with Crippen LogP contribution in [0.3, 0.4) is 0 Å². The number of thiazole rings is 1. The Bertz CT molecular complexity index is 2170. The van der Waals surface area contributed by atoms with Crippen molar-refractivity contribution in [3.05, 3.63) is 45.4 Å². The lowest BCUT2D eigenvalue weighted by Crippen LogP contribution is -2.58. The number of aromatic hydroxyl groups is 1. The molecule has 6 amide bonds. The molecule has 20 nitrogen and oxygen atoms in total. The zero-order valence-corrected chi connectivity index (χ0v) is 46.8. The van der Waals surface area contributed by atoms with Crippen LogP contribution in [0.15, 0.2) is 23.6 Å². The minimum absolute atomic E-state index is 0.0242. The Morgan fingerprint density at radius 3 is 2.33 bits per heavy atom. The number of amides is 6. The number of hydrazine groups is 1. The maximum Gasteiger partial charge on any atom is 0.426 e. The number of phenolic OH excluding ortho intramolecular Hbond substituents is 1. The van der Waals surface area contributed by atoms with E-state index in [0.717, 1.165) is 44.2 Å². The number of fused-ring (bicyclic) bond motifs is 1. The van der Waals surface area contributed by atoms with E-state index >= 15 is 0 Å². The summed E-state index contributed by atoms with van der Waals surface area (Å²) in [5.41, 5.74) is 6.18. The monoisotopic (exact) mass is 1080 g/mol. The summed E-state index contributed by atoms with van der Waals surface area (Å²) < 4.78 is 28.0. The maximum absolute atomic E-state index is 14.8. The van der Waals surface area contributed by atoms with Crippen LogP contribution in [0.4, 0.5) is 4.79 Å². The minimum Gasteiger partial charge on any atom is -0.508 e. The van der Waals surface area contributed by atoms with Gasteiger partial charge in [-0.25, -0.2) is 15.2 Å². The molecule has 0 unspecified atom stereocenters. The number of hydrogen-bond acceptors (Lipinski definition) is 15. The highest BCUT2D eigenvalue weighted by atomic mass is 32.1. The molecule has 76 heavy (non-hydrogen) atoms. The summed E-state index contributed by atoms with van der Waals surface area (Å²) in [6, 6.07) is 3.00. The molecule has 1 aliphatic heterocycles. The molecule has 1 aromatic carbocycles. The van der Waals surface area contributed by atoms with E-state index in [2.05, 4.69) is 51.5 Å². The van der Waals surface area contributed by atoms with Crippen LogP contribution in [0.1, 0.15) is 151 Å². The number of nitrogens with zero attached hydrogens (tertiary/aromatic N) is 3. The number of unbranched alkanes of at least 4 members (excludes halogenated alkanes) is 1. The summed E-state index contributed by atoms with van der Waals surface area (Å²) in [6.45, 7) is 16.0. The summed E-state index contributed by atoms with van der Waals surface area (Å²) in [5, 5.41) is 21.7. The Balaban J connectivity index is 1.30. The van der Waals surface area contributed by atoms with Crippen LogP contribution >= 0.6 is 11.3 Å². The first-order valence-corrected chi connectivity index (χ1v) is 28.2. The predicted octanol–water partition coefficient (Wildman–Crippen LogP) is 5.54. The second kappa shape index (κ2) is 34.4. The molecule has 1 aliphatic carbocycles. The Kier molecular flexibility index (Phi) is 28.6. The fraction of sp³-hybridized carbons (Fsp3) is 0.691. The maximum atomic E-state index is 14.8. The average Bonchev–Trinajstić information content (AvgIpc) is 3.91. The lowest BCUT2D eigenvalue weighted by Gasteiger charge is -2.40. The zero-order valence-electron chi connectivity index (χ0n) is 46.0. The molecule has 424 valence electrons. The van der Waals surface area contributed by atoms with Gasteiger partial charge in [-0.2, -0.15) is 0 Å². The topological polar surface area (TPSA) is 248 Å². The molecule has 6 N–H and O–H groups in total. The standard InChI is InChI=1S/C55H86N8O12S/c1-9-13-14-18-48(65)56-21-25-71-26-27-72-28-29-73-30-31-75-55(70)61-60-50(66)43-33-40(32-39-19-20-41(64)34-42(39)43)57-51(67)44-36-76-53(58-44)47(74-24-11-3)35-46(37(5)6)63(22-10-2)54(69)49(38(7)12-4)59-52(68)45-17-15-16-23-62(45)8/h1,19-20,34,36-38,40,43,45-47,49,64H,10-18,21-33,35H2,2-8H3,(H,56,65)(H,57,67)(H,59,68)(H,60,66)(H,61,70)/t38-,40-,43+,45+,46+,47+,49-/m0/s1. The summed E-state index contributed by atoms with van der Waals surface area (Å²) in [4.78, 5) is 89.1. The van der Waals surface area contributed by atoms with Crippen LogP contribution < -0.4 is 26.8 Å². The normalized spacial score (nSPS) is 18.0. The molecule has 2 aliphatic rings. The van der Waals surface area contributed by atoms with Crippen molar-refractivity contribution in [3.63, 3.8) is 0 Å². The fourth-order valence-corrected chi connectivity index (χ4v) is 10.2. The van der Waals surface area contributed by atoms with Crippen LogP contribution in [0, 0.1) is 24.2 Å². The first-order chi connectivity index (χ1) is 36.6. The van der Waals surface area contributed by atoms with Gasteiger partial charge in [0.2, 0.25) is 23.6 Å². The first-order valence-electron chi connectivity index (χ1n) is 27.3. The van der Waals surface area contributed by atoms with Crippen molar-refractivity contribution in [1.29, 1.82) is 0 Å². The number of likely N-dealkylation sites (tertiary alicyclic amines) is 1. The summed E-state index contributed by atoms with van der Waals surface area (Å²) in [5.74, 6) is 0.269. The Morgan fingerprint density at radius 2 is 1.66 bits per heavy atom. The molecule has 4 rings (SSSR count). The molecule has 1 aromatic heterocycles. The van der Waals surface area contributed by atoms with Gasteiger partial charge >= 0.3 is 6.09 Å². The average molecular weight is 1080 g/mol. The van der Waals surface area contributed by atoms with Crippen molar-refractivity contribution < 1.29 is 57.6 Å². The van der Waals surface area contributed by atoms with E-state index in [4.69, 9.17) is 35.1 Å². The van der Waals surface area contributed by atoms with Crippen molar-refractivity contribution in [3.8, 4) is 18.1 Å². The molecule has 21 heteroatoms. The van der Waals surface area contributed by atoms with Gasteiger partial charge in [-0.15, -0.1) is 23.7 Å². The molecule has 2 aromatic rings. The molecule has 7 atom stereocenters. The third-order valence-electron chi connectivity index (χ3n) is 13.7. The minimum atomic E-state index is -0.905. The van der Waals surface area contributed by atoms with Gasteiger partial charge in [-0.05, 0) is 93.6 Å². The summed E-state index contributed by atoms with van der Waals surface area (Å²) in [6.07, 6.45) is 11.3. The van der Waals surface area contributed by atoms with E-state index in [1.807, 2.05) is 39.6 Å². The zero-order chi connectivity index (χ0) is 55.4. The molecule has 0 bridgehead atoms. The lowest BCUT2D eigenvalue weighted by atomic mass is 9.79. The smallest absolute Gasteiger partial charge is 0.426 e. The molecule has 0 radical (unpaired) electrons. The van der Waals surface area contributed by atoms with Crippen molar-refractivity contribution in [2.75, 3.05) is 79.5 Å². The molecular weight excluding hydrogens is 997 g/mol. The SMILES string of the molecule is C#CCCCC(=O)NCCOCCOCCOCCOC(=O)NNC(=O)[C@@H]1C[C@@H](NC(=O)c2csc([C@@H](C[C@H](C(C)C)N(CCC)C(=O)[C@@H](NC(=O)[C@H]3CCCCN3C)[C@@H](C)CC)OCCC)n2)Cc2ccc(O)cc21. The van der Waals surface area contributed by atoms with Gasteiger partial charge in [0.1, 0.15) is 35.2 Å².